The molecular formula is C31H45N5O3. The van der Waals surface area contributed by atoms with Crippen LogP contribution in [-0.4, -0.2) is 33.1 Å². The average Bonchev–Trinajstić information content (AvgIpc) is 3.23. The van der Waals surface area contributed by atoms with Gasteiger partial charge in [-0.2, -0.15) is 5.10 Å². The SMILES string of the molecule is C=C/C=C\N=C(C(=O)Nc1cc(CCc2cc(NC(=O)OC(C)(C)C)ccc2C)n(C(C)(C)C)n1)C(C)CC. The Morgan fingerprint density at radius 2 is 1.82 bits per heavy atom. The van der Waals surface area contributed by atoms with Crippen molar-refractivity contribution in [3.8, 4) is 0 Å². The molecule has 0 aliphatic rings. The Hall–Kier alpha value is -3.68. The lowest BCUT2D eigenvalue weighted by atomic mass is 10.0. The fraction of sp³-hybridized carbons (Fsp3) is 0.484. The molecule has 8 nitrogen and oxygen atoms in total. The van der Waals surface area contributed by atoms with Gasteiger partial charge >= 0.3 is 6.09 Å². The van der Waals surface area contributed by atoms with Crippen LogP contribution in [0.25, 0.3) is 0 Å². The van der Waals surface area contributed by atoms with Gasteiger partial charge in [-0.15, -0.1) is 0 Å². The van der Waals surface area contributed by atoms with Crippen molar-refractivity contribution < 1.29 is 14.3 Å². The Labute approximate surface area is 233 Å². The molecule has 2 rings (SSSR count). The summed E-state index contributed by atoms with van der Waals surface area (Å²) in [6.07, 6.45) is 6.64. The van der Waals surface area contributed by atoms with Crippen molar-refractivity contribution in [2.24, 2.45) is 10.9 Å². The quantitative estimate of drug-likeness (QED) is 0.248. The standard InChI is InChI=1S/C31H45N5O3/c1-11-13-18-32-27(21(3)12-2)28(37)34-26-20-25(36(35-26)30(5,6)7)17-15-23-19-24(16-14-22(23)4)33-29(38)39-31(8,9)10/h11,13-14,16,18-21H,1,12,15,17H2,2-10H3,(H,33,38)(H,34,35,37)/b18-13-,32-27?. The largest absolute Gasteiger partial charge is 0.444 e. The van der Waals surface area contributed by atoms with E-state index in [1.165, 1.54) is 0 Å². The van der Waals surface area contributed by atoms with Crippen LogP contribution in [0.15, 0.2) is 54.2 Å². The van der Waals surface area contributed by atoms with Crippen molar-refractivity contribution in [2.45, 2.75) is 92.7 Å². The van der Waals surface area contributed by atoms with E-state index >= 15 is 0 Å². The number of rotatable bonds is 10. The van der Waals surface area contributed by atoms with Crippen LogP contribution >= 0.6 is 0 Å². The molecule has 1 aromatic carbocycles. The number of carbonyl (C=O) groups excluding carboxylic acids is 2. The third-order valence-electron chi connectivity index (χ3n) is 6.05. The Bertz CT molecular complexity index is 1230. The predicted molar refractivity (Wildman–Crippen MR) is 161 cm³/mol. The lowest BCUT2D eigenvalue weighted by molar-refractivity contribution is -0.110. The fourth-order valence-corrected chi connectivity index (χ4v) is 3.91. The van der Waals surface area contributed by atoms with Crippen LogP contribution in [-0.2, 0) is 27.9 Å². The topological polar surface area (TPSA) is 97.6 Å². The summed E-state index contributed by atoms with van der Waals surface area (Å²) in [5, 5.41) is 10.5. The number of carbonyl (C=O) groups is 2. The van der Waals surface area contributed by atoms with E-state index in [4.69, 9.17) is 9.84 Å². The molecule has 0 fully saturated rings. The monoisotopic (exact) mass is 535 g/mol. The number of aliphatic imine (C=N–C) groups is 1. The summed E-state index contributed by atoms with van der Waals surface area (Å²) in [7, 11) is 0. The molecule has 0 bridgehead atoms. The number of anilines is 2. The predicted octanol–water partition coefficient (Wildman–Crippen LogP) is 7.20. The third-order valence-corrected chi connectivity index (χ3v) is 6.05. The van der Waals surface area contributed by atoms with Crippen LogP contribution in [0, 0.1) is 12.8 Å². The number of nitrogens with zero attached hydrogens (tertiary/aromatic N) is 3. The highest BCUT2D eigenvalue weighted by atomic mass is 16.6. The molecule has 0 spiro atoms. The van der Waals surface area contributed by atoms with Gasteiger partial charge in [0.1, 0.15) is 11.3 Å². The van der Waals surface area contributed by atoms with E-state index in [2.05, 4.69) is 49.9 Å². The van der Waals surface area contributed by atoms with E-state index in [1.54, 1.807) is 18.4 Å². The van der Waals surface area contributed by atoms with Gasteiger partial charge in [0.25, 0.3) is 5.91 Å². The van der Waals surface area contributed by atoms with E-state index in [1.807, 2.05) is 63.6 Å². The van der Waals surface area contributed by atoms with Crippen LogP contribution in [0.1, 0.15) is 78.6 Å². The molecule has 2 amide bonds. The summed E-state index contributed by atoms with van der Waals surface area (Å²) in [5.41, 5.74) is 3.51. The lowest BCUT2D eigenvalue weighted by Gasteiger charge is -2.22. The van der Waals surface area contributed by atoms with E-state index in [9.17, 15) is 9.59 Å². The Balaban J connectivity index is 2.26. The van der Waals surface area contributed by atoms with Gasteiger partial charge in [-0.1, -0.05) is 32.6 Å². The van der Waals surface area contributed by atoms with Gasteiger partial charge < -0.3 is 10.1 Å². The first kappa shape index (κ1) is 31.5. The van der Waals surface area contributed by atoms with E-state index in [0.717, 1.165) is 29.7 Å². The molecular weight excluding hydrogens is 490 g/mol. The van der Waals surface area contributed by atoms with Crippen LogP contribution in [0.4, 0.5) is 16.3 Å². The highest BCUT2D eigenvalue weighted by Crippen LogP contribution is 2.24. The minimum atomic E-state index is -0.570. The average molecular weight is 536 g/mol. The number of hydrogen-bond donors (Lipinski definition) is 2. The zero-order chi connectivity index (χ0) is 29.4. The smallest absolute Gasteiger partial charge is 0.412 e. The van der Waals surface area contributed by atoms with Crippen molar-refractivity contribution in [1.82, 2.24) is 9.78 Å². The Morgan fingerprint density at radius 1 is 1.13 bits per heavy atom. The van der Waals surface area contributed by atoms with Gasteiger partial charge in [-0.25, -0.2) is 4.79 Å². The summed E-state index contributed by atoms with van der Waals surface area (Å²) >= 11 is 0. The molecule has 2 aromatic rings. The Morgan fingerprint density at radius 3 is 2.41 bits per heavy atom. The second-order valence-corrected chi connectivity index (χ2v) is 11.7. The molecule has 0 aliphatic heterocycles. The summed E-state index contributed by atoms with van der Waals surface area (Å²) in [4.78, 5) is 29.7. The van der Waals surface area contributed by atoms with Gasteiger partial charge in [0, 0.05) is 29.6 Å². The molecule has 0 radical (unpaired) electrons. The summed E-state index contributed by atoms with van der Waals surface area (Å²) in [5.74, 6) is 0.221. The lowest BCUT2D eigenvalue weighted by Crippen LogP contribution is -2.29. The molecule has 2 N–H and O–H groups in total. The maximum absolute atomic E-state index is 13.1. The molecule has 0 saturated heterocycles. The first-order chi connectivity index (χ1) is 18.1. The third kappa shape index (κ3) is 9.85. The second-order valence-electron chi connectivity index (χ2n) is 11.7. The molecule has 1 unspecified atom stereocenters. The number of ether oxygens (including phenoxy) is 1. The molecule has 0 aliphatic carbocycles. The second kappa shape index (κ2) is 13.4. The number of nitrogens with one attached hydrogen (secondary N) is 2. The minimum Gasteiger partial charge on any atom is -0.444 e. The number of aromatic nitrogens is 2. The molecule has 8 heteroatoms. The van der Waals surface area contributed by atoms with Crippen LogP contribution in [0.3, 0.4) is 0 Å². The summed E-state index contributed by atoms with van der Waals surface area (Å²) in [6, 6.07) is 7.77. The molecule has 1 aromatic heterocycles. The van der Waals surface area contributed by atoms with Gasteiger partial charge in [0.2, 0.25) is 0 Å². The van der Waals surface area contributed by atoms with E-state index < -0.39 is 11.7 Å². The van der Waals surface area contributed by atoms with Crippen molar-refractivity contribution in [3.05, 3.63) is 66.0 Å². The number of amides is 2. The van der Waals surface area contributed by atoms with Gasteiger partial charge in [0.05, 0.1) is 5.54 Å². The van der Waals surface area contributed by atoms with Gasteiger partial charge in [-0.05, 0) is 97.1 Å². The van der Waals surface area contributed by atoms with E-state index in [-0.39, 0.29) is 17.4 Å². The van der Waals surface area contributed by atoms with Gasteiger partial charge in [0.15, 0.2) is 5.82 Å². The van der Waals surface area contributed by atoms with Crippen molar-refractivity contribution in [1.29, 1.82) is 0 Å². The fourth-order valence-electron chi connectivity index (χ4n) is 3.91. The molecule has 39 heavy (non-hydrogen) atoms. The van der Waals surface area contributed by atoms with E-state index in [0.29, 0.717) is 23.6 Å². The number of benzene rings is 1. The zero-order valence-corrected chi connectivity index (χ0v) is 25.0. The number of allylic oxidation sites excluding steroid dienone is 2. The zero-order valence-electron chi connectivity index (χ0n) is 25.0. The summed E-state index contributed by atoms with van der Waals surface area (Å²) < 4.78 is 7.34. The minimum absolute atomic E-state index is 0.00632. The van der Waals surface area contributed by atoms with Crippen molar-refractivity contribution in [2.75, 3.05) is 10.6 Å². The highest BCUT2D eigenvalue weighted by Gasteiger charge is 2.23. The molecule has 1 heterocycles. The highest BCUT2D eigenvalue weighted by molar-refractivity contribution is 6.43. The normalized spacial score (nSPS) is 13.3. The Kier molecular flexibility index (Phi) is 10.8. The van der Waals surface area contributed by atoms with Crippen LogP contribution < -0.4 is 10.6 Å². The maximum atomic E-state index is 13.1. The number of aryl methyl sites for hydroxylation is 3. The maximum Gasteiger partial charge on any atom is 0.412 e. The van der Waals surface area contributed by atoms with Gasteiger partial charge in [-0.3, -0.25) is 19.8 Å². The molecule has 212 valence electrons. The van der Waals surface area contributed by atoms with Crippen molar-refractivity contribution in [3.63, 3.8) is 0 Å². The number of hydrogen-bond acceptors (Lipinski definition) is 5. The molecule has 0 saturated carbocycles. The molecule has 1 atom stereocenters. The van der Waals surface area contributed by atoms with Crippen LogP contribution in [0.2, 0.25) is 0 Å². The first-order valence-corrected chi connectivity index (χ1v) is 13.5. The van der Waals surface area contributed by atoms with Crippen LogP contribution in [0.5, 0.6) is 0 Å². The van der Waals surface area contributed by atoms with Crippen molar-refractivity contribution >= 4 is 29.2 Å². The first-order valence-electron chi connectivity index (χ1n) is 13.5. The summed E-state index contributed by atoms with van der Waals surface area (Å²) in [6.45, 7) is 21.5.